The van der Waals surface area contributed by atoms with E-state index in [9.17, 15) is 0 Å². The van der Waals surface area contributed by atoms with Gasteiger partial charge >= 0.3 is 0 Å². The molecule has 0 aromatic rings. The zero-order chi connectivity index (χ0) is 6.41. The Bertz CT molecular complexity index is 77.4. The first kappa shape index (κ1) is 12.5. The SMILES string of the molecule is CCCCOC(=S)S.[Zn]. The van der Waals surface area contributed by atoms with Crippen LogP contribution in [0.15, 0.2) is 0 Å². The van der Waals surface area contributed by atoms with Crippen LogP contribution >= 0.6 is 24.8 Å². The number of thiol groups is 1. The molecule has 0 unspecified atom stereocenters. The molecule has 0 atom stereocenters. The molecule has 0 saturated carbocycles. The summed E-state index contributed by atoms with van der Waals surface area (Å²) in [5, 5.41) is 0. The topological polar surface area (TPSA) is 9.23 Å². The average Bonchev–Trinajstić information content (AvgIpc) is 1.66. The summed E-state index contributed by atoms with van der Waals surface area (Å²) in [7, 11) is 0. The Morgan fingerprint density at radius 2 is 2.22 bits per heavy atom. The summed E-state index contributed by atoms with van der Waals surface area (Å²) in [5.41, 5.74) is 0. The van der Waals surface area contributed by atoms with Crippen LogP contribution in [0.5, 0.6) is 0 Å². The second-order valence-electron chi connectivity index (χ2n) is 1.47. The van der Waals surface area contributed by atoms with E-state index in [1.807, 2.05) is 0 Å². The van der Waals surface area contributed by atoms with E-state index < -0.39 is 0 Å². The van der Waals surface area contributed by atoms with E-state index in [-0.39, 0.29) is 19.5 Å². The summed E-state index contributed by atoms with van der Waals surface area (Å²) in [6, 6.07) is 0. The van der Waals surface area contributed by atoms with E-state index in [1.54, 1.807) is 0 Å². The van der Waals surface area contributed by atoms with Gasteiger partial charge in [-0.15, -0.1) is 0 Å². The number of thiocarbonyl (C=S) groups is 1. The standard InChI is InChI=1S/C5H10OS2.Zn/c1-2-3-4-6-5(7)8;/h2-4H2,1H3,(H,7,8);. The Hall–Kier alpha value is 0.863. The van der Waals surface area contributed by atoms with Crippen molar-refractivity contribution in [2.45, 2.75) is 19.8 Å². The molecule has 0 spiro atoms. The Kier molecular flexibility index (Phi) is 12.3. The van der Waals surface area contributed by atoms with Crippen molar-refractivity contribution in [2.24, 2.45) is 0 Å². The van der Waals surface area contributed by atoms with Crippen LogP contribution in [0.3, 0.4) is 0 Å². The molecule has 0 fully saturated rings. The summed E-state index contributed by atoms with van der Waals surface area (Å²) in [6.45, 7) is 2.81. The van der Waals surface area contributed by atoms with Crippen LogP contribution < -0.4 is 0 Å². The quantitative estimate of drug-likeness (QED) is 0.334. The number of unbranched alkanes of at least 4 members (excludes halogenated alkanes) is 1. The van der Waals surface area contributed by atoms with Crippen molar-refractivity contribution in [1.29, 1.82) is 0 Å². The molecule has 0 heterocycles. The fourth-order valence-corrected chi connectivity index (χ4v) is 0.478. The number of ether oxygens (including phenoxy) is 1. The molecule has 0 saturated heterocycles. The second-order valence-corrected chi connectivity index (χ2v) is 2.55. The van der Waals surface area contributed by atoms with E-state index in [2.05, 4.69) is 31.8 Å². The molecule has 0 bridgehead atoms. The number of rotatable bonds is 3. The van der Waals surface area contributed by atoms with Crippen LogP contribution in [-0.2, 0) is 24.2 Å². The van der Waals surface area contributed by atoms with Gasteiger partial charge in [-0.25, -0.2) is 0 Å². The van der Waals surface area contributed by atoms with E-state index in [4.69, 9.17) is 4.74 Å². The van der Waals surface area contributed by atoms with E-state index in [0.29, 0.717) is 11.0 Å². The molecular formula is C5H10OS2Zn. The molecule has 9 heavy (non-hydrogen) atoms. The van der Waals surface area contributed by atoms with Crippen LogP contribution in [-0.4, -0.2) is 11.0 Å². The van der Waals surface area contributed by atoms with Gasteiger partial charge in [-0.1, -0.05) is 26.0 Å². The third-order valence-corrected chi connectivity index (χ3v) is 0.970. The van der Waals surface area contributed by atoms with E-state index in [0.717, 1.165) is 12.8 Å². The third kappa shape index (κ3) is 12.1. The molecule has 4 heteroatoms. The van der Waals surface area contributed by atoms with Crippen LogP contribution in [0.25, 0.3) is 0 Å². The maximum absolute atomic E-state index is 4.88. The smallest absolute Gasteiger partial charge is 0.216 e. The molecule has 0 aliphatic heterocycles. The summed E-state index contributed by atoms with van der Waals surface area (Å²) in [5.74, 6) is 0. The molecule has 0 radical (unpaired) electrons. The minimum absolute atomic E-state index is 0. The molecule has 0 amide bonds. The first-order valence-electron chi connectivity index (χ1n) is 2.63. The third-order valence-electron chi connectivity index (χ3n) is 0.723. The molecule has 0 aromatic carbocycles. The second kappa shape index (κ2) is 8.86. The molecular weight excluding hydrogens is 206 g/mol. The van der Waals surface area contributed by atoms with Crippen molar-refractivity contribution in [1.82, 2.24) is 0 Å². The fraction of sp³-hybridized carbons (Fsp3) is 0.800. The fourth-order valence-electron chi connectivity index (χ4n) is 0.304. The predicted octanol–water partition coefficient (Wildman–Crippen LogP) is 2.02. The van der Waals surface area contributed by atoms with Gasteiger partial charge in [-0.05, 0) is 18.6 Å². The average molecular weight is 216 g/mol. The van der Waals surface area contributed by atoms with E-state index in [1.165, 1.54) is 0 Å². The maximum Gasteiger partial charge on any atom is 0.216 e. The molecule has 0 aliphatic rings. The summed E-state index contributed by atoms with van der Waals surface area (Å²) < 4.78 is 5.22. The van der Waals surface area contributed by atoms with Crippen LogP contribution in [0.2, 0.25) is 0 Å². The van der Waals surface area contributed by atoms with Gasteiger partial charge in [0.25, 0.3) is 0 Å². The van der Waals surface area contributed by atoms with Gasteiger partial charge in [0, 0.05) is 19.5 Å². The van der Waals surface area contributed by atoms with Gasteiger partial charge < -0.3 is 4.74 Å². The molecule has 50 valence electrons. The monoisotopic (exact) mass is 214 g/mol. The van der Waals surface area contributed by atoms with Crippen molar-refractivity contribution in [3.05, 3.63) is 0 Å². The van der Waals surface area contributed by atoms with Gasteiger partial charge in [0.1, 0.15) is 0 Å². The van der Waals surface area contributed by atoms with Crippen molar-refractivity contribution >= 4 is 29.2 Å². The molecule has 0 aromatic heterocycles. The van der Waals surface area contributed by atoms with Gasteiger partial charge in [0.15, 0.2) is 0 Å². The van der Waals surface area contributed by atoms with Crippen molar-refractivity contribution in [2.75, 3.05) is 6.61 Å². The first-order valence-corrected chi connectivity index (χ1v) is 3.48. The van der Waals surface area contributed by atoms with Gasteiger partial charge in [0.05, 0.1) is 6.61 Å². The van der Waals surface area contributed by atoms with Gasteiger partial charge in [-0.2, -0.15) is 0 Å². The van der Waals surface area contributed by atoms with Gasteiger partial charge in [-0.3, -0.25) is 0 Å². The minimum Gasteiger partial charge on any atom is -0.479 e. The summed E-state index contributed by atoms with van der Waals surface area (Å²) in [4.78, 5) is 0. The number of hydrogen-bond donors (Lipinski definition) is 1. The van der Waals surface area contributed by atoms with Gasteiger partial charge in [0.2, 0.25) is 4.38 Å². The predicted molar refractivity (Wildman–Crippen MR) is 42.4 cm³/mol. The molecule has 0 rings (SSSR count). The zero-order valence-corrected chi connectivity index (χ0v) is 10.3. The van der Waals surface area contributed by atoms with Crippen molar-refractivity contribution < 1.29 is 24.2 Å². The molecule has 0 N–H and O–H groups in total. The zero-order valence-electron chi connectivity index (χ0n) is 5.59. The minimum atomic E-state index is 0. The largest absolute Gasteiger partial charge is 0.479 e. The van der Waals surface area contributed by atoms with Crippen molar-refractivity contribution in [3.8, 4) is 0 Å². The summed E-state index contributed by atoms with van der Waals surface area (Å²) in [6.07, 6.45) is 2.19. The Balaban J connectivity index is 0. The Morgan fingerprint density at radius 3 is 2.56 bits per heavy atom. The number of hydrogen-bond acceptors (Lipinski definition) is 2. The molecule has 1 nitrogen and oxygen atoms in total. The molecule has 0 aliphatic carbocycles. The first-order chi connectivity index (χ1) is 3.77. The van der Waals surface area contributed by atoms with E-state index >= 15 is 0 Å². The maximum atomic E-state index is 4.88. The van der Waals surface area contributed by atoms with Crippen LogP contribution in [0.4, 0.5) is 0 Å². The summed E-state index contributed by atoms with van der Waals surface area (Å²) >= 11 is 8.33. The van der Waals surface area contributed by atoms with Crippen molar-refractivity contribution in [3.63, 3.8) is 0 Å². The Morgan fingerprint density at radius 1 is 1.67 bits per heavy atom. The van der Waals surface area contributed by atoms with Crippen LogP contribution in [0, 0.1) is 0 Å². The normalized spacial score (nSPS) is 7.78. The van der Waals surface area contributed by atoms with Crippen LogP contribution in [0.1, 0.15) is 19.8 Å². The Labute approximate surface area is 79.7 Å².